The first-order chi connectivity index (χ1) is 20.2. The predicted octanol–water partition coefficient (Wildman–Crippen LogP) is 4.80. The Morgan fingerprint density at radius 1 is 1.00 bits per heavy atom. The summed E-state index contributed by atoms with van der Waals surface area (Å²) in [5.41, 5.74) is -0.0628. The molecule has 0 amide bonds. The SMILES string of the molecule is CCCO[C@@H](CC)[C@@H](Oc1ccccc1)[C@H](C)OC(=O)[C@H](C)CC(=O)c1nccc(OC)c1OCOC(=O)COCC. The number of nitrogens with zero attached hydrogens (tertiary/aromatic N) is 1. The molecule has 11 heteroatoms. The normalized spacial score (nSPS) is 13.8. The van der Waals surface area contributed by atoms with E-state index >= 15 is 0 Å². The van der Waals surface area contributed by atoms with Crippen molar-refractivity contribution in [1.29, 1.82) is 0 Å². The predicted molar refractivity (Wildman–Crippen MR) is 154 cm³/mol. The first-order valence-corrected chi connectivity index (χ1v) is 14.2. The van der Waals surface area contributed by atoms with Gasteiger partial charge in [-0.1, -0.05) is 39.0 Å². The Labute approximate surface area is 247 Å². The molecule has 0 unspecified atom stereocenters. The van der Waals surface area contributed by atoms with E-state index in [1.165, 1.54) is 19.4 Å². The molecule has 0 bridgehead atoms. The third-order valence-electron chi connectivity index (χ3n) is 6.18. The monoisotopic (exact) mass is 589 g/mol. The van der Waals surface area contributed by atoms with Gasteiger partial charge in [-0.05, 0) is 38.8 Å². The van der Waals surface area contributed by atoms with Crippen molar-refractivity contribution in [3.05, 3.63) is 48.3 Å². The molecule has 0 saturated heterocycles. The van der Waals surface area contributed by atoms with Crippen molar-refractivity contribution in [2.75, 3.05) is 33.7 Å². The Bertz CT molecular complexity index is 1110. The van der Waals surface area contributed by atoms with E-state index in [1.807, 2.05) is 44.2 Å². The molecule has 2 aromatic rings. The van der Waals surface area contributed by atoms with Crippen LogP contribution in [-0.2, 0) is 28.5 Å². The van der Waals surface area contributed by atoms with E-state index in [-0.39, 0.29) is 36.3 Å². The smallest absolute Gasteiger partial charge is 0.334 e. The number of rotatable bonds is 20. The van der Waals surface area contributed by atoms with Gasteiger partial charge in [0, 0.05) is 31.9 Å². The minimum Gasteiger partial charge on any atom is -0.493 e. The van der Waals surface area contributed by atoms with Gasteiger partial charge in [0.15, 0.2) is 29.1 Å². The molecular formula is C31H43NO10. The van der Waals surface area contributed by atoms with E-state index in [9.17, 15) is 14.4 Å². The first kappa shape index (κ1) is 34.5. The average molecular weight is 590 g/mol. The molecule has 1 heterocycles. The molecule has 232 valence electrons. The van der Waals surface area contributed by atoms with Gasteiger partial charge in [0.25, 0.3) is 0 Å². The summed E-state index contributed by atoms with van der Waals surface area (Å²) in [4.78, 5) is 42.2. The van der Waals surface area contributed by atoms with Gasteiger partial charge < -0.3 is 33.2 Å². The second-order valence-corrected chi connectivity index (χ2v) is 9.49. The van der Waals surface area contributed by atoms with Gasteiger partial charge >= 0.3 is 11.9 Å². The number of carbonyl (C=O) groups is 3. The number of hydrogen-bond acceptors (Lipinski definition) is 11. The summed E-state index contributed by atoms with van der Waals surface area (Å²) in [5.74, 6) is -1.63. The Morgan fingerprint density at radius 2 is 1.74 bits per heavy atom. The second-order valence-electron chi connectivity index (χ2n) is 9.49. The fraction of sp³-hybridized carbons (Fsp3) is 0.548. The highest BCUT2D eigenvalue weighted by molar-refractivity contribution is 5.99. The van der Waals surface area contributed by atoms with Crippen LogP contribution in [0.15, 0.2) is 42.6 Å². The number of methoxy groups -OCH3 is 1. The maximum absolute atomic E-state index is 13.2. The highest BCUT2D eigenvalue weighted by Crippen LogP contribution is 2.31. The van der Waals surface area contributed by atoms with Crippen molar-refractivity contribution < 1.29 is 47.5 Å². The first-order valence-electron chi connectivity index (χ1n) is 14.2. The largest absolute Gasteiger partial charge is 0.493 e. The van der Waals surface area contributed by atoms with Crippen LogP contribution in [0, 0.1) is 5.92 Å². The highest BCUT2D eigenvalue weighted by Gasteiger charge is 2.33. The molecule has 4 atom stereocenters. The van der Waals surface area contributed by atoms with Gasteiger partial charge in [-0.25, -0.2) is 9.78 Å². The number of hydrogen-bond donors (Lipinski definition) is 0. The number of aromatic nitrogens is 1. The molecule has 0 fully saturated rings. The van der Waals surface area contributed by atoms with Gasteiger partial charge in [0.1, 0.15) is 18.5 Å². The zero-order valence-electron chi connectivity index (χ0n) is 25.3. The standard InChI is InChI=1S/C31H43NO10/c1-7-17-38-25(8-2)29(42-23-13-11-10-12-14-23)22(5)41-31(35)21(4)18-24(33)28-30(26(36-6)15-16-32-28)40-20-39-27(34)19-37-9-3/h10-16,21-22,25,29H,7-9,17-20H2,1-6H3/t21-,22+,25+,29+/m1/s1. The summed E-state index contributed by atoms with van der Waals surface area (Å²) in [5, 5.41) is 0. The second kappa shape index (κ2) is 18.7. The molecule has 11 nitrogen and oxygen atoms in total. The summed E-state index contributed by atoms with van der Waals surface area (Å²) in [7, 11) is 1.40. The van der Waals surface area contributed by atoms with Crippen LogP contribution in [0.25, 0.3) is 0 Å². The van der Waals surface area contributed by atoms with E-state index in [4.69, 9.17) is 33.2 Å². The molecule has 2 rings (SSSR count). The van der Waals surface area contributed by atoms with Crippen molar-refractivity contribution in [1.82, 2.24) is 4.98 Å². The number of pyridine rings is 1. The van der Waals surface area contributed by atoms with Crippen LogP contribution in [0.4, 0.5) is 0 Å². The molecule has 42 heavy (non-hydrogen) atoms. The van der Waals surface area contributed by atoms with Crippen molar-refractivity contribution in [3.8, 4) is 17.2 Å². The van der Waals surface area contributed by atoms with E-state index in [0.29, 0.717) is 25.4 Å². The van der Waals surface area contributed by atoms with Crippen LogP contribution in [-0.4, -0.2) is 74.7 Å². The fourth-order valence-electron chi connectivity index (χ4n) is 3.98. The molecule has 0 radical (unpaired) electrons. The number of ketones is 1. The van der Waals surface area contributed by atoms with Crippen LogP contribution >= 0.6 is 0 Å². The quantitative estimate of drug-likeness (QED) is 0.120. The topological polar surface area (TPSA) is 129 Å². The molecule has 0 aliphatic heterocycles. The van der Waals surface area contributed by atoms with Gasteiger partial charge in [-0.3, -0.25) is 9.59 Å². The van der Waals surface area contributed by atoms with Crippen LogP contribution in [0.2, 0.25) is 0 Å². The Balaban J connectivity index is 2.10. The van der Waals surface area contributed by atoms with E-state index in [1.54, 1.807) is 20.8 Å². The third kappa shape index (κ3) is 10.9. The van der Waals surface area contributed by atoms with E-state index in [0.717, 1.165) is 6.42 Å². The van der Waals surface area contributed by atoms with Crippen molar-refractivity contribution in [2.24, 2.45) is 5.92 Å². The van der Waals surface area contributed by atoms with E-state index in [2.05, 4.69) is 4.98 Å². The number of esters is 2. The van der Waals surface area contributed by atoms with Crippen LogP contribution < -0.4 is 14.2 Å². The number of carbonyl (C=O) groups excluding carboxylic acids is 3. The summed E-state index contributed by atoms with van der Waals surface area (Å²) < 4.78 is 38.9. The van der Waals surface area contributed by atoms with Crippen molar-refractivity contribution in [2.45, 2.75) is 72.2 Å². The average Bonchev–Trinajstić information content (AvgIpc) is 2.99. The lowest BCUT2D eigenvalue weighted by atomic mass is 10.0. The van der Waals surface area contributed by atoms with Crippen molar-refractivity contribution >= 4 is 17.7 Å². The molecule has 1 aromatic carbocycles. The minimum absolute atomic E-state index is 0.00155. The number of Topliss-reactive ketones (excluding diaryl/α,β-unsaturated/α-hetero) is 1. The minimum atomic E-state index is -0.807. The lowest BCUT2D eigenvalue weighted by Crippen LogP contribution is -2.44. The lowest BCUT2D eigenvalue weighted by Gasteiger charge is -2.32. The van der Waals surface area contributed by atoms with Gasteiger partial charge in [-0.2, -0.15) is 0 Å². The van der Waals surface area contributed by atoms with Gasteiger partial charge in [0.2, 0.25) is 6.79 Å². The Morgan fingerprint density at radius 3 is 2.38 bits per heavy atom. The summed E-state index contributed by atoms with van der Waals surface area (Å²) in [6.07, 6.45) is 1.12. The third-order valence-corrected chi connectivity index (χ3v) is 6.18. The Hall–Kier alpha value is -3.70. The number of benzene rings is 1. The van der Waals surface area contributed by atoms with Crippen LogP contribution in [0.3, 0.4) is 0 Å². The summed E-state index contributed by atoms with van der Waals surface area (Å²) in [6.45, 7) is 9.30. The molecule has 0 N–H and O–H groups in total. The molecule has 0 aliphatic rings. The zero-order valence-corrected chi connectivity index (χ0v) is 25.3. The van der Waals surface area contributed by atoms with Crippen molar-refractivity contribution in [3.63, 3.8) is 0 Å². The maximum atomic E-state index is 13.2. The summed E-state index contributed by atoms with van der Waals surface area (Å²) >= 11 is 0. The summed E-state index contributed by atoms with van der Waals surface area (Å²) in [6, 6.07) is 10.8. The lowest BCUT2D eigenvalue weighted by molar-refractivity contribution is -0.162. The van der Waals surface area contributed by atoms with Crippen LogP contribution in [0.1, 0.15) is 64.4 Å². The fourth-order valence-corrected chi connectivity index (χ4v) is 3.98. The maximum Gasteiger partial charge on any atom is 0.334 e. The van der Waals surface area contributed by atoms with Gasteiger partial charge in [0.05, 0.1) is 19.1 Å². The van der Waals surface area contributed by atoms with Crippen LogP contribution in [0.5, 0.6) is 17.2 Å². The van der Waals surface area contributed by atoms with E-state index < -0.39 is 42.6 Å². The molecule has 1 aromatic heterocycles. The molecule has 0 saturated carbocycles. The zero-order chi connectivity index (χ0) is 30.9. The molecule has 0 aliphatic carbocycles. The Kier molecular flexibility index (Phi) is 15.3. The number of para-hydroxylation sites is 1. The number of ether oxygens (including phenoxy) is 7. The van der Waals surface area contributed by atoms with Gasteiger partial charge in [-0.15, -0.1) is 0 Å². The highest BCUT2D eigenvalue weighted by atomic mass is 16.7. The molecular weight excluding hydrogens is 546 g/mol. The molecule has 0 spiro atoms.